The zero-order valence-corrected chi connectivity index (χ0v) is 12.7. The predicted molar refractivity (Wildman–Crippen MR) is 91.7 cm³/mol. The van der Waals surface area contributed by atoms with E-state index in [1.807, 2.05) is 42.5 Å². The van der Waals surface area contributed by atoms with Crippen LogP contribution in [0.25, 0.3) is 21.8 Å². The van der Waals surface area contributed by atoms with Gasteiger partial charge in [-0.1, -0.05) is 18.2 Å². The molecule has 0 saturated carbocycles. The van der Waals surface area contributed by atoms with Crippen molar-refractivity contribution < 1.29 is 4.79 Å². The number of aryl methyl sites for hydroxylation is 1. The molecular weight excluding hydrogens is 288 g/mol. The molecule has 0 radical (unpaired) electrons. The van der Waals surface area contributed by atoms with E-state index in [1.54, 1.807) is 0 Å². The summed E-state index contributed by atoms with van der Waals surface area (Å²) in [6.07, 6.45) is 2.05. The second kappa shape index (κ2) is 5.28. The number of carbonyl (C=O) groups excluding carboxylic acids is 1. The van der Waals surface area contributed by atoms with Crippen molar-refractivity contribution >= 4 is 33.4 Å². The van der Waals surface area contributed by atoms with Crippen molar-refractivity contribution in [3.8, 4) is 0 Å². The monoisotopic (exact) mass is 304 g/mol. The summed E-state index contributed by atoms with van der Waals surface area (Å²) >= 11 is 0. The van der Waals surface area contributed by atoms with Crippen molar-refractivity contribution in [2.45, 2.75) is 13.5 Å². The van der Waals surface area contributed by atoms with Crippen molar-refractivity contribution in [3.63, 3.8) is 0 Å². The van der Waals surface area contributed by atoms with Crippen LogP contribution in [0.2, 0.25) is 0 Å². The van der Waals surface area contributed by atoms with Crippen LogP contribution in [-0.4, -0.2) is 20.7 Å². The number of H-pyrrole nitrogens is 1. The lowest BCUT2D eigenvalue weighted by Crippen LogP contribution is -2.12. The van der Waals surface area contributed by atoms with E-state index in [9.17, 15) is 4.79 Å². The summed E-state index contributed by atoms with van der Waals surface area (Å²) in [5, 5.41) is 11.9. The van der Waals surface area contributed by atoms with Crippen LogP contribution < -0.4 is 5.32 Å². The van der Waals surface area contributed by atoms with Crippen molar-refractivity contribution in [1.29, 1.82) is 0 Å². The third-order valence-electron chi connectivity index (χ3n) is 4.05. The Labute approximate surface area is 132 Å². The molecule has 2 N–H and O–H groups in total. The molecule has 5 heteroatoms. The molecule has 0 unspecified atom stereocenters. The Bertz CT molecular complexity index is 1010. The maximum absolute atomic E-state index is 12.5. The lowest BCUT2D eigenvalue weighted by Gasteiger charge is -2.05. The second-order valence-electron chi connectivity index (χ2n) is 5.45. The minimum atomic E-state index is -0.211. The quantitative estimate of drug-likeness (QED) is 0.605. The van der Waals surface area contributed by atoms with E-state index in [2.05, 4.69) is 39.3 Å². The Morgan fingerprint density at radius 1 is 1.22 bits per heavy atom. The molecule has 4 aromatic rings. The number of aromatic nitrogens is 3. The number of hydrogen-bond donors (Lipinski definition) is 2. The summed E-state index contributed by atoms with van der Waals surface area (Å²) in [7, 11) is 0. The van der Waals surface area contributed by atoms with Gasteiger partial charge in [-0.05, 0) is 37.3 Å². The van der Waals surface area contributed by atoms with Crippen molar-refractivity contribution in [1.82, 2.24) is 14.8 Å². The molecule has 0 aliphatic carbocycles. The Kier molecular flexibility index (Phi) is 3.12. The van der Waals surface area contributed by atoms with E-state index in [1.165, 1.54) is 0 Å². The van der Waals surface area contributed by atoms with Crippen LogP contribution >= 0.6 is 0 Å². The van der Waals surface area contributed by atoms with Crippen molar-refractivity contribution in [3.05, 3.63) is 60.4 Å². The average molecular weight is 304 g/mol. The number of para-hydroxylation sites is 1. The molecule has 0 spiro atoms. The van der Waals surface area contributed by atoms with Gasteiger partial charge in [0.15, 0.2) is 5.69 Å². The lowest BCUT2D eigenvalue weighted by atomic mass is 10.2. The molecule has 114 valence electrons. The molecule has 1 amide bonds. The van der Waals surface area contributed by atoms with E-state index < -0.39 is 0 Å². The van der Waals surface area contributed by atoms with Gasteiger partial charge in [0.25, 0.3) is 5.91 Å². The zero-order chi connectivity index (χ0) is 15.8. The van der Waals surface area contributed by atoms with E-state index in [4.69, 9.17) is 0 Å². The number of carbonyl (C=O) groups is 1. The molecule has 23 heavy (non-hydrogen) atoms. The first-order valence-electron chi connectivity index (χ1n) is 7.59. The zero-order valence-electron chi connectivity index (χ0n) is 12.7. The number of hydrogen-bond acceptors (Lipinski definition) is 2. The molecule has 0 bridgehead atoms. The lowest BCUT2D eigenvalue weighted by molar-refractivity contribution is 0.102. The predicted octanol–water partition coefficient (Wildman–Crippen LogP) is 3.79. The first kappa shape index (κ1) is 13.6. The van der Waals surface area contributed by atoms with Gasteiger partial charge in [0.05, 0.1) is 5.52 Å². The van der Waals surface area contributed by atoms with Gasteiger partial charge in [0, 0.05) is 34.7 Å². The summed E-state index contributed by atoms with van der Waals surface area (Å²) in [5.41, 5.74) is 3.19. The van der Waals surface area contributed by atoms with Gasteiger partial charge in [-0.2, -0.15) is 5.10 Å². The number of anilines is 1. The van der Waals surface area contributed by atoms with Crippen LogP contribution in [0.4, 0.5) is 5.69 Å². The standard InChI is InChI=1S/C18H16N4O/c1-2-22-10-9-12-11-13(7-8-16(12)22)19-18(23)17-14-5-3-4-6-15(14)20-21-17/h3-11H,2H2,1H3,(H,19,23)(H,20,21). The molecule has 0 aliphatic rings. The van der Waals surface area contributed by atoms with Gasteiger partial charge < -0.3 is 9.88 Å². The molecule has 5 nitrogen and oxygen atoms in total. The van der Waals surface area contributed by atoms with Crippen LogP contribution in [0, 0.1) is 0 Å². The first-order valence-corrected chi connectivity index (χ1v) is 7.59. The van der Waals surface area contributed by atoms with Gasteiger partial charge in [0.1, 0.15) is 0 Å². The van der Waals surface area contributed by atoms with E-state index in [0.29, 0.717) is 5.69 Å². The minimum absolute atomic E-state index is 0.211. The van der Waals surface area contributed by atoms with Crippen molar-refractivity contribution in [2.75, 3.05) is 5.32 Å². The number of fused-ring (bicyclic) bond motifs is 2. The summed E-state index contributed by atoms with van der Waals surface area (Å²) in [6, 6.07) is 15.6. The van der Waals surface area contributed by atoms with Crippen LogP contribution in [0.3, 0.4) is 0 Å². The van der Waals surface area contributed by atoms with Gasteiger partial charge in [0.2, 0.25) is 0 Å². The summed E-state index contributed by atoms with van der Waals surface area (Å²) in [5.74, 6) is -0.211. The maximum Gasteiger partial charge on any atom is 0.276 e. The number of nitrogens with one attached hydrogen (secondary N) is 2. The molecule has 0 atom stereocenters. The molecule has 2 aromatic carbocycles. The van der Waals surface area contributed by atoms with Crippen LogP contribution in [0.15, 0.2) is 54.7 Å². The fraction of sp³-hybridized carbons (Fsp3) is 0.111. The van der Waals surface area contributed by atoms with Gasteiger partial charge in [-0.3, -0.25) is 9.89 Å². The van der Waals surface area contributed by atoms with E-state index in [-0.39, 0.29) is 5.91 Å². The number of aromatic amines is 1. The fourth-order valence-corrected chi connectivity index (χ4v) is 2.88. The summed E-state index contributed by atoms with van der Waals surface area (Å²) in [4.78, 5) is 12.5. The molecule has 0 saturated heterocycles. The average Bonchev–Trinajstić information content (AvgIpc) is 3.18. The van der Waals surface area contributed by atoms with Gasteiger partial charge in [-0.25, -0.2) is 0 Å². The molecule has 2 heterocycles. The van der Waals surface area contributed by atoms with Crippen LogP contribution in [0.5, 0.6) is 0 Å². The summed E-state index contributed by atoms with van der Waals surface area (Å²) < 4.78 is 2.17. The Balaban J connectivity index is 1.66. The molecule has 4 rings (SSSR count). The minimum Gasteiger partial charge on any atom is -0.348 e. The van der Waals surface area contributed by atoms with Gasteiger partial charge >= 0.3 is 0 Å². The Hall–Kier alpha value is -3.08. The van der Waals surface area contributed by atoms with Gasteiger partial charge in [-0.15, -0.1) is 0 Å². The highest BCUT2D eigenvalue weighted by atomic mass is 16.1. The first-order chi connectivity index (χ1) is 11.3. The smallest absolute Gasteiger partial charge is 0.276 e. The number of benzene rings is 2. The maximum atomic E-state index is 12.5. The van der Waals surface area contributed by atoms with E-state index >= 15 is 0 Å². The molecular formula is C18H16N4O. The molecule has 0 aliphatic heterocycles. The highest BCUT2D eigenvalue weighted by molar-refractivity contribution is 6.11. The highest BCUT2D eigenvalue weighted by Crippen LogP contribution is 2.22. The highest BCUT2D eigenvalue weighted by Gasteiger charge is 2.14. The normalized spacial score (nSPS) is 11.2. The third kappa shape index (κ3) is 2.26. The second-order valence-corrected chi connectivity index (χ2v) is 5.45. The number of rotatable bonds is 3. The fourth-order valence-electron chi connectivity index (χ4n) is 2.88. The summed E-state index contributed by atoms with van der Waals surface area (Å²) in [6.45, 7) is 3.03. The van der Waals surface area contributed by atoms with Crippen molar-refractivity contribution in [2.24, 2.45) is 0 Å². The van der Waals surface area contributed by atoms with E-state index in [0.717, 1.165) is 34.0 Å². The topological polar surface area (TPSA) is 62.7 Å². The van der Waals surface area contributed by atoms with Crippen LogP contribution in [0.1, 0.15) is 17.4 Å². The largest absolute Gasteiger partial charge is 0.348 e. The Morgan fingerprint density at radius 3 is 2.96 bits per heavy atom. The molecule has 2 aromatic heterocycles. The van der Waals surface area contributed by atoms with Crippen LogP contribution in [-0.2, 0) is 6.54 Å². The molecule has 0 fully saturated rings. The Morgan fingerprint density at radius 2 is 2.09 bits per heavy atom. The number of nitrogens with zero attached hydrogens (tertiary/aromatic N) is 2. The number of amides is 1. The SMILES string of the molecule is CCn1ccc2cc(NC(=O)c3n[nH]c4ccccc34)ccc21. The third-order valence-corrected chi connectivity index (χ3v) is 4.05.